The minimum absolute atomic E-state index is 0.0129. The van der Waals surface area contributed by atoms with E-state index >= 15 is 0 Å². The lowest BCUT2D eigenvalue weighted by molar-refractivity contribution is -0.126. The van der Waals surface area contributed by atoms with Crippen LogP contribution in [0.15, 0.2) is 18.2 Å². The van der Waals surface area contributed by atoms with Gasteiger partial charge in [-0.1, -0.05) is 0 Å². The zero-order chi connectivity index (χ0) is 19.0. The van der Waals surface area contributed by atoms with E-state index in [0.717, 1.165) is 0 Å². The van der Waals surface area contributed by atoms with Crippen molar-refractivity contribution in [3.63, 3.8) is 0 Å². The molecule has 9 heteroatoms. The SMILES string of the molecule is CC(=O)NCC(=O)NCC(=O)Nc1cc(C(=O)O)ccc1OC(C)C. The average molecular weight is 351 g/mol. The summed E-state index contributed by atoms with van der Waals surface area (Å²) in [6.07, 6.45) is -0.177. The third-order valence-electron chi connectivity index (χ3n) is 2.81. The molecule has 1 aromatic carbocycles. The normalized spacial score (nSPS) is 10.1. The van der Waals surface area contributed by atoms with Crippen molar-refractivity contribution in [1.82, 2.24) is 10.6 Å². The van der Waals surface area contributed by atoms with Crippen LogP contribution in [0.3, 0.4) is 0 Å². The Kier molecular flexibility index (Phi) is 7.39. The molecule has 1 rings (SSSR count). The summed E-state index contributed by atoms with van der Waals surface area (Å²) < 4.78 is 5.53. The molecule has 9 nitrogen and oxygen atoms in total. The number of hydrogen-bond acceptors (Lipinski definition) is 5. The summed E-state index contributed by atoms with van der Waals surface area (Å²) in [7, 11) is 0. The minimum atomic E-state index is -1.14. The molecule has 0 aliphatic heterocycles. The van der Waals surface area contributed by atoms with E-state index in [9.17, 15) is 19.2 Å². The average Bonchev–Trinajstić information content (AvgIpc) is 2.51. The molecule has 0 heterocycles. The van der Waals surface area contributed by atoms with Gasteiger partial charge in [0.2, 0.25) is 17.7 Å². The molecule has 0 unspecified atom stereocenters. The number of carbonyl (C=O) groups excluding carboxylic acids is 3. The molecule has 1 aromatic rings. The van der Waals surface area contributed by atoms with Gasteiger partial charge in [0.15, 0.2) is 0 Å². The molecule has 3 amide bonds. The second kappa shape index (κ2) is 9.26. The van der Waals surface area contributed by atoms with Crippen LogP contribution < -0.4 is 20.7 Å². The van der Waals surface area contributed by atoms with Crippen molar-refractivity contribution in [2.75, 3.05) is 18.4 Å². The first-order valence-corrected chi connectivity index (χ1v) is 7.54. The van der Waals surface area contributed by atoms with E-state index in [1.807, 2.05) is 0 Å². The molecular formula is C16H21N3O6. The van der Waals surface area contributed by atoms with Gasteiger partial charge in [0.25, 0.3) is 0 Å². The molecule has 0 saturated carbocycles. The van der Waals surface area contributed by atoms with Gasteiger partial charge in [0.05, 0.1) is 30.4 Å². The Balaban J connectivity index is 2.73. The number of ether oxygens (including phenoxy) is 1. The van der Waals surface area contributed by atoms with Crippen molar-refractivity contribution >= 4 is 29.4 Å². The molecule has 0 aromatic heterocycles. The molecule has 0 bridgehead atoms. The molecule has 0 spiro atoms. The monoisotopic (exact) mass is 351 g/mol. The fraction of sp³-hybridized carbons (Fsp3) is 0.375. The van der Waals surface area contributed by atoms with Crippen molar-refractivity contribution in [2.24, 2.45) is 0 Å². The lowest BCUT2D eigenvalue weighted by Crippen LogP contribution is -2.39. The Morgan fingerprint density at radius 3 is 2.28 bits per heavy atom. The van der Waals surface area contributed by atoms with Gasteiger partial charge in [0, 0.05) is 6.92 Å². The summed E-state index contributed by atoms with van der Waals surface area (Å²) in [5, 5.41) is 16.2. The van der Waals surface area contributed by atoms with Crippen LogP contribution >= 0.6 is 0 Å². The van der Waals surface area contributed by atoms with Gasteiger partial charge < -0.3 is 25.8 Å². The third kappa shape index (κ3) is 7.34. The van der Waals surface area contributed by atoms with E-state index in [2.05, 4.69) is 16.0 Å². The number of aromatic carboxylic acids is 1. The van der Waals surface area contributed by atoms with Gasteiger partial charge in [-0.05, 0) is 32.0 Å². The van der Waals surface area contributed by atoms with Crippen LogP contribution in [0.1, 0.15) is 31.1 Å². The van der Waals surface area contributed by atoms with Crippen LogP contribution in [0, 0.1) is 0 Å². The number of hydrogen-bond donors (Lipinski definition) is 4. The number of amides is 3. The number of anilines is 1. The van der Waals surface area contributed by atoms with Crippen molar-refractivity contribution in [3.05, 3.63) is 23.8 Å². The smallest absolute Gasteiger partial charge is 0.335 e. The van der Waals surface area contributed by atoms with E-state index in [4.69, 9.17) is 9.84 Å². The highest BCUT2D eigenvalue weighted by molar-refractivity contribution is 5.98. The molecule has 0 aliphatic rings. The largest absolute Gasteiger partial charge is 0.489 e. The number of carboxylic acids is 1. The van der Waals surface area contributed by atoms with Gasteiger partial charge in [-0.25, -0.2) is 4.79 Å². The second-order valence-electron chi connectivity index (χ2n) is 5.42. The predicted octanol–water partition coefficient (Wildman–Crippen LogP) is 0.363. The van der Waals surface area contributed by atoms with E-state index in [-0.39, 0.29) is 36.4 Å². The summed E-state index contributed by atoms with van der Waals surface area (Å²) in [4.78, 5) is 45.2. The van der Waals surface area contributed by atoms with Gasteiger partial charge in [-0.2, -0.15) is 0 Å². The van der Waals surface area contributed by atoms with Crippen LogP contribution in [-0.4, -0.2) is 48.0 Å². The zero-order valence-electron chi connectivity index (χ0n) is 14.2. The minimum Gasteiger partial charge on any atom is -0.489 e. The van der Waals surface area contributed by atoms with Crippen molar-refractivity contribution in [2.45, 2.75) is 26.9 Å². The Morgan fingerprint density at radius 1 is 1.08 bits per heavy atom. The molecule has 25 heavy (non-hydrogen) atoms. The van der Waals surface area contributed by atoms with Crippen LogP contribution in [-0.2, 0) is 14.4 Å². The van der Waals surface area contributed by atoms with Crippen LogP contribution in [0.5, 0.6) is 5.75 Å². The second-order valence-corrected chi connectivity index (χ2v) is 5.42. The van der Waals surface area contributed by atoms with Crippen LogP contribution in [0.4, 0.5) is 5.69 Å². The summed E-state index contributed by atoms with van der Waals surface area (Å²) >= 11 is 0. The number of rotatable bonds is 8. The Morgan fingerprint density at radius 2 is 1.72 bits per heavy atom. The first-order valence-electron chi connectivity index (χ1n) is 7.54. The summed E-state index contributed by atoms with van der Waals surface area (Å²) in [6, 6.07) is 4.09. The lowest BCUT2D eigenvalue weighted by atomic mass is 10.2. The van der Waals surface area contributed by atoms with E-state index in [1.165, 1.54) is 25.1 Å². The van der Waals surface area contributed by atoms with Gasteiger partial charge in [-0.15, -0.1) is 0 Å². The summed E-state index contributed by atoms with van der Waals surface area (Å²) in [5.41, 5.74) is 0.177. The number of carbonyl (C=O) groups is 4. The van der Waals surface area contributed by atoms with Gasteiger partial charge in [-0.3, -0.25) is 14.4 Å². The number of nitrogens with one attached hydrogen (secondary N) is 3. The highest BCUT2D eigenvalue weighted by atomic mass is 16.5. The maximum absolute atomic E-state index is 12.0. The highest BCUT2D eigenvalue weighted by Crippen LogP contribution is 2.27. The molecule has 0 fully saturated rings. The maximum atomic E-state index is 12.0. The molecule has 0 atom stereocenters. The van der Waals surface area contributed by atoms with Crippen molar-refractivity contribution in [1.29, 1.82) is 0 Å². The molecular weight excluding hydrogens is 330 g/mol. The fourth-order valence-corrected chi connectivity index (χ4v) is 1.76. The lowest BCUT2D eigenvalue weighted by Gasteiger charge is -2.15. The third-order valence-corrected chi connectivity index (χ3v) is 2.81. The van der Waals surface area contributed by atoms with Crippen LogP contribution in [0.25, 0.3) is 0 Å². The van der Waals surface area contributed by atoms with E-state index < -0.39 is 17.8 Å². The topological polar surface area (TPSA) is 134 Å². The molecule has 0 aliphatic carbocycles. The fourth-order valence-electron chi connectivity index (χ4n) is 1.76. The van der Waals surface area contributed by atoms with E-state index in [1.54, 1.807) is 13.8 Å². The quantitative estimate of drug-likeness (QED) is 0.534. The molecule has 136 valence electrons. The van der Waals surface area contributed by atoms with Gasteiger partial charge >= 0.3 is 5.97 Å². The Labute approximate surface area is 144 Å². The summed E-state index contributed by atoms with van der Waals surface area (Å²) in [5.74, 6) is -2.27. The predicted molar refractivity (Wildman–Crippen MR) is 89.5 cm³/mol. The first-order chi connectivity index (χ1) is 11.7. The number of carboxylic acid groups (broad SMARTS) is 1. The first kappa shape index (κ1) is 19.9. The Hall–Kier alpha value is -3.10. The standard InChI is InChI=1S/C16H21N3O6/c1-9(2)25-13-5-4-11(16(23)24)6-12(13)19-15(22)8-18-14(21)7-17-10(3)20/h4-6,9H,7-8H2,1-3H3,(H,17,20)(H,18,21)(H,19,22)(H,23,24). The summed E-state index contributed by atoms with van der Waals surface area (Å²) in [6.45, 7) is 4.28. The highest BCUT2D eigenvalue weighted by Gasteiger charge is 2.14. The van der Waals surface area contributed by atoms with Crippen LogP contribution in [0.2, 0.25) is 0 Å². The number of benzene rings is 1. The Bertz CT molecular complexity index is 672. The maximum Gasteiger partial charge on any atom is 0.335 e. The van der Waals surface area contributed by atoms with Gasteiger partial charge in [0.1, 0.15) is 5.75 Å². The van der Waals surface area contributed by atoms with E-state index in [0.29, 0.717) is 5.75 Å². The van der Waals surface area contributed by atoms with Crippen molar-refractivity contribution < 1.29 is 29.0 Å². The zero-order valence-corrected chi connectivity index (χ0v) is 14.2. The molecule has 0 saturated heterocycles. The van der Waals surface area contributed by atoms with Crippen molar-refractivity contribution in [3.8, 4) is 5.75 Å². The molecule has 4 N–H and O–H groups in total. The molecule has 0 radical (unpaired) electrons.